The molecule has 31 heavy (non-hydrogen) atoms. The third-order valence-electron chi connectivity index (χ3n) is 4.62. The van der Waals surface area contributed by atoms with E-state index in [4.69, 9.17) is 32.7 Å². The number of aryl methyl sites for hydroxylation is 1. The molecule has 0 spiro atoms. The van der Waals surface area contributed by atoms with Crippen molar-refractivity contribution in [2.24, 2.45) is 0 Å². The first-order valence-electron chi connectivity index (χ1n) is 9.13. The summed E-state index contributed by atoms with van der Waals surface area (Å²) in [4.78, 5) is 40.4. The van der Waals surface area contributed by atoms with Crippen LogP contribution in [0.1, 0.15) is 42.6 Å². The Kier molecular flexibility index (Phi) is 6.77. The minimum atomic E-state index is -0.840. The van der Waals surface area contributed by atoms with Crippen LogP contribution in [0.4, 0.5) is 0 Å². The number of methoxy groups -OCH3 is 1. The number of benzene rings is 1. The second-order valence-corrected chi connectivity index (χ2v) is 7.42. The summed E-state index contributed by atoms with van der Waals surface area (Å²) in [6, 6.07) is 11.4. The van der Waals surface area contributed by atoms with Crippen molar-refractivity contribution in [2.75, 3.05) is 13.7 Å². The SMILES string of the molecule is COC(=O)c1ccc(-n2c(C)cc(C(=O)COC(=O)c3nc(Cl)ccc3Cl)c2C)cc1. The van der Waals surface area contributed by atoms with Crippen LogP contribution in [-0.2, 0) is 9.47 Å². The number of aromatic nitrogens is 2. The van der Waals surface area contributed by atoms with Gasteiger partial charge in [-0.05, 0) is 56.3 Å². The van der Waals surface area contributed by atoms with E-state index in [9.17, 15) is 14.4 Å². The number of hydrogen-bond acceptors (Lipinski definition) is 6. The van der Waals surface area contributed by atoms with Crippen molar-refractivity contribution >= 4 is 40.9 Å². The summed E-state index contributed by atoms with van der Waals surface area (Å²) in [6.07, 6.45) is 0. The topological polar surface area (TPSA) is 87.5 Å². The number of halogens is 2. The van der Waals surface area contributed by atoms with Gasteiger partial charge in [0.2, 0.25) is 5.78 Å². The Bertz CT molecular complexity index is 1170. The number of ether oxygens (including phenoxy) is 2. The molecule has 160 valence electrons. The number of rotatable bonds is 6. The Labute approximate surface area is 188 Å². The van der Waals surface area contributed by atoms with Crippen molar-refractivity contribution in [2.45, 2.75) is 13.8 Å². The average molecular weight is 461 g/mol. The van der Waals surface area contributed by atoms with Crippen LogP contribution < -0.4 is 0 Å². The van der Waals surface area contributed by atoms with Crippen LogP contribution in [0, 0.1) is 13.8 Å². The van der Waals surface area contributed by atoms with E-state index in [0.717, 1.165) is 11.4 Å². The molecule has 0 N–H and O–H groups in total. The van der Waals surface area contributed by atoms with E-state index in [0.29, 0.717) is 16.8 Å². The lowest BCUT2D eigenvalue weighted by atomic mass is 10.1. The molecule has 2 aromatic heterocycles. The quantitative estimate of drug-likeness (QED) is 0.303. The number of esters is 2. The molecule has 7 nitrogen and oxygen atoms in total. The zero-order valence-electron chi connectivity index (χ0n) is 16.9. The van der Waals surface area contributed by atoms with Gasteiger partial charge in [0, 0.05) is 22.6 Å². The van der Waals surface area contributed by atoms with Gasteiger partial charge in [-0.3, -0.25) is 4.79 Å². The fourth-order valence-corrected chi connectivity index (χ4v) is 3.48. The minimum Gasteiger partial charge on any atom is -0.465 e. The monoisotopic (exact) mass is 460 g/mol. The fraction of sp³-hybridized carbons (Fsp3) is 0.182. The van der Waals surface area contributed by atoms with Gasteiger partial charge in [-0.15, -0.1) is 0 Å². The number of nitrogens with zero attached hydrogens (tertiary/aromatic N) is 2. The molecule has 0 saturated heterocycles. The fourth-order valence-electron chi connectivity index (χ4n) is 3.15. The number of carbonyl (C=O) groups is 3. The molecular weight excluding hydrogens is 443 g/mol. The van der Waals surface area contributed by atoms with Gasteiger partial charge in [0.25, 0.3) is 0 Å². The van der Waals surface area contributed by atoms with Crippen LogP contribution in [0.2, 0.25) is 10.2 Å². The first-order valence-corrected chi connectivity index (χ1v) is 9.88. The van der Waals surface area contributed by atoms with E-state index in [1.165, 1.54) is 19.2 Å². The van der Waals surface area contributed by atoms with Gasteiger partial charge in [-0.1, -0.05) is 23.2 Å². The smallest absolute Gasteiger partial charge is 0.359 e. The molecule has 0 aliphatic rings. The number of carbonyl (C=O) groups excluding carboxylic acids is 3. The lowest BCUT2D eigenvalue weighted by Crippen LogP contribution is -2.16. The lowest BCUT2D eigenvalue weighted by Gasteiger charge is -2.11. The summed E-state index contributed by atoms with van der Waals surface area (Å²) < 4.78 is 11.7. The Hall–Kier alpha value is -3.16. The van der Waals surface area contributed by atoms with E-state index < -0.39 is 18.5 Å². The van der Waals surface area contributed by atoms with Crippen LogP contribution >= 0.6 is 23.2 Å². The van der Waals surface area contributed by atoms with Crippen molar-refractivity contribution < 1.29 is 23.9 Å². The van der Waals surface area contributed by atoms with Crippen molar-refractivity contribution in [1.29, 1.82) is 0 Å². The Morgan fingerprint density at radius 3 is 2.32 bits per heavy atom. The maximum absolute atomic E-state index is 12.7. The molecule has 9 heteroatoms. The molecule has 0 saturated carbocycles. The minimum absolute atomic E-state index is 0.0791. The third kappa shape index (κ3) is 4.78. The molecule has 1 aromatic carbocycles. The largest absolute Gasteiger partial charge is 0.465 e. The van der Waals surface area contributed by atoms with E-state index in [1.807, 2.05) is 11.5 Å². The molecule has 0 aliphatic heterocycles. The third-order valence-corrected chi connectivity index (χ3v) is 5.13. The normalized spacial score (nSPS) is 10.6. The number of pyridine rings is 1. The van der Waals surface area contributed by atoms with Gasteiger partial charge in [-0.25, -0.2) is 14.6 Å². The van der Waals surface area contributed by atoms with Crippen LogP contribution in [-0.4, -0.2) is 41.0 Å². The summed E-state index contributed by atoms with van der Waals surface area (Å²) >= 11 is 11.7. The molecule has 0 unspecified atom stereocenters. The molecule has 0 amide bonds. The van der Waals surface area contributed by atoms with Crippen molar-refractivity contribution in [3.05, 3.63) is 80.8 Å². The lowest BCUT2D eigenvalue weighted by molar-refractivity contribution is 0.0468. The number of ketones is 1. The van der Waals surface area contributed by atoms with Crippen molar-refractivity contribution in [1.82, 2.24) is 9.55 Å². The standard InChI is InChI=1S/C22H18Cl2N2O5/c1-12-10-16(13(2)26(12)15-6-4-14(5-7-15)21(28)30-3)18(27)11-31-22(29)20-17(23)8-9-19(24)25-20/h4-10H,11H2,1-3H3. The van der Waals surface area contributed by atoms with Gasteiger partial charge in [-0.2, -0.15) is 0 Å². The van der Waals surface area contributed by atoms with Crippen molar-refractivity contribution in [3.63, 3.8) is 0 Å². The summed E-state index contributed by atoms with van der Waals surface area (Å²) in [5.41, 5.74) is 2.92. The molecular formula is C22H18Cl2N2O5. The van der Waals surface area contributed by atoms with Crippen LogP contribution in [0.25, 0.3) is 5.69 Å². The van der Waals surface area contributed by atoms with Gasteiger partial charge in [0.15, 0.2) is 12.3 Å². The van der Waals surface area contributed by atoms with Crippen LogP contribution in [0.3, 0.4) is 0 Å². The molecule has 0 atom stereocenters. The maximum atomic E-state index is 12.7. The van der Waals surface area contributed by atoms with E-state index in [1.54, 1.807) is 37.3 Å². The maximum Gasteiger partial charge on any atom is 0.359 e. The van der Waals surface area contributed by atoms with Gasteiger partial charge in [0.1, 0.15) is 5.15 Å². The molecule has 0 aliphatic carbocycles. The highest BCUT2D eigenvalue weighted by Crippen LogP contribution is 2.23. The molecule has 0 radical (unpaired) electrons. The summed E-state index contributed by atoms with van der Waals surface area (Å²) in [5, 5.41) is 0.167. The Balaban J connectivity index is 1.78. The van der Waals surface area contributed by atoms with Crippen molar-refractivity contribution in [3.8, 4) is 5.69 Å². The summed E-state index contributed by atoms with van der Waals surface area (Å²) in [7, 11) is 1.32. The predicted octanol–water partition coefficient (Wildman–Crippen LogP) is 4.62. The number of Topliss-reactive ketones (excluding diaryl/α,β-unsaturated/α-hetero) is 1. The van der Waals surface area contributed by atoms with E-state index in [2.05, 4.69) is 4.98 Å². The predicted molar refractivity (Wildman–Crippen MR) is 115 cm³/mol. The molecule has 3 aromatic rings. The average Bonchev–Trinajstić information content (AvgIpc) is 3.07. The molecule has 2 heterocycles. The molecule has 0 fully saturated rings. The number of hydrogen-bond donors (Lipinski definition) is 0. The highest BCUT2D eigenvalue weighted by atomic mass is 35.5. The summed E-state index contributed by atoms with van der Waals surface area (Å²) in [6.45, 7) is 3.15. The zero-order valence-corrected chi connectivity index (χ0v) is 18.5. The van der Waals surface area contributed by atoms with Gasteiger partial charge >= 0.3 is 11.9 Å². The highest BCUT2D eigenvalue weighted by molar-refractivity contribution is 6.34. The van der Waals surface area contributed by atoms with E-state index >= 15 is 0 Å². The second kappa shape index (κ2) is 9.32. The van der Waals surface area contributed by atoms with Crippen LogP contribution in [0.5, 0.6) is 0 Å². The molecule has 0 bridgehead atoms. The highest BCUT2D eigenvalue weighted by Gasteiger charge is 2.20. The first-order chi connectivity index (χ1) is 14.7. The first kappa shape index (κ1) is 22.5. The van der Waals surface area contributed by atoms with Crippen LogP contribution in [0.15, 0.2) is 42.5 Å². The summed E-state index contributed by atoms with van der Waals surface area (Å²) in [5.74, 6) is -1.65. The second-order valence-electron chi connectivity index (χ2n) is 6.62. The van der Waals surface area contributed by atoms with Gasteiger partial charge < -0.3 is 14.0 Å². The Morgan fingerprint density at radius 1 is 1.00 bits per heavy atom. The zero-order chi connectivity index (χ0) is 22.7. The molecule has 3 rings (SSSR count). The van der Waals surface area contributed by atoms with E-state index in [-0.39, 0.29) is 21.7 Å². The van der Waals surface area contributed by atoms with Gasteiger partial charge in [0.05, 0.1) is 17.7 Å². The Morgan fingerprint density at radius 2 is 1.68 bits per heavy atom.